The van der Waals surface area contributed by atoms with Gasteiger partial charge in [-0.05, 0) is 0 Å². The van der Waals surface area contributed by atoms with Gasteiger partial charge in [0.2, 0.25) is 3.79 Å². The predicted octanol–water partition coefficient (Wildman–Crippen LogP) is 1.24. The first kappa shape index (κ1) is 16.0. The van der Waals surface area contributed by atoms with Gasteiger partial charge in [0.25, 0.3) is 0 Å². The number of carbonyl (C=O) groups excluding carboxylic acids is 2. The van der Waals surface area contributed by atoms with Gasteiger partial charge < -0.3 is 4.74 Å². The summed E-state index contributed by atoms with van der Waals surface area (Å²) in [5.74, 6) is 0. The molecule has 19 heavy (non-hydrogen) atoms. The summed E-state index contributed by atoms with van der Waals surface area (Å²) in [6.07, 6.45) is -0.298. The Hall–Kier alpha value is -1.01. The van der Waals surface area contributed by atoms with E-state index in [1.54, 1.807) is 0 Å². The number of ether oxygens (including phenoxy) is 1. The molecule has 0 spiro atoms. The highest BCUT2D eigenvalue weighted by molar-refractivity contribution is 6.67. The molecule has 5 nitrogen and oxygen atoms in total. The number of halogens is 3. The van der Waals surface area contributed by atoms with Crippen LogP contribution in [0.15, 0.2) is 30.3 Å². The van der Waals surface area contributed by atoms with Gasteiger partial charge in [-0.1, -0.05) is 65.1 Å². The second kappa shape index (κ2) is 7.55. The molecule has 8 heteroatoms. The number of rotatable bonds is 5. The first-order valence-electron chi connectivity index (χ1n) is 5.26. The fourth-order valence-corrected chi connectivity index (χ4v) is 1.41. The fraction of sp³-hybridized carbons (Fsp3) is 0.273. The molecule has 104 valence electrons. The Bertz CT molecular complexity index is 423. The second-order valence-electron chi connectivity index (χ2n) is 3.62. The van der Waals surface area contributed by atoms with Crippen molar-refractivity contribution in [3.63, 3.8) is 0 Å². The second-order valence-corrected chi connectivity index (χ2v) is 6.14. The molecule has 0 aliphatic rings. The zero-order valence-electron chi connectivity index (χ0n) is 9.74. The van der Waals surface area contributed by atoms with Gasteiger partial charge >= 0.3 is 12.5 Å². The van der Waals surface area contributed by atoms with E-state index < -0.39 is 16.5 Å². The van der Waals surface area contributed by atoms with Crippen LogP contribution in [0.3, 0.4) is 0 Å². The topological polar surface area (TPSA) is 59.8 Å². The van der Waals surface area contributed by atoms with Crippen molar-refractivity contribution in [3.8, 4) is 0 Å². The van der Waals surface area contributed by atoms with E-state index in [4.69, 9.17) is 34.8 Å². The quantitative estimate of drug-likeness (QED) is 0.486. The minimum Gasteiger partial charge on any atom is -0.442 e. The van der Waals surface area contributed by atoms with Crippen LogP contribution in [-0.4, -0.2) is 22.9 Å². The third-order valence-electron chi connectivity index (χ3n) is 2.01. The lowest BCUT2D eigenvalue weighted by atomic mass is 10.2. The molecule has 0 fully saturated rings. The van der Waals surface area contributed by atoms with E-state index in [0.29, 0.717) is 6.41 Å². The van der Waals surface area contributed by atoms with E-state index in [1.807, 2.05) is 30.3 Å². The van der Waals surface area contributed by atoms with E-state index >= 15 is 0 Å². The molecule has 1 unspecified atom stereocenters. The highest BCUT2D eigenvalue weighted by Gasteiger charge is 2.23. The fourth-order valence-electron chi connectivity index (χ4n) is 1.25. The smallest absolute Gasteiger partial charge is 0.442 e. The molecular formula is C11H12Cl3N2O3+. The number of quaternary nitrogens is 1. The van der Waals surface area contributed by atoms with Crippen LogP contribution in [0, 0.1) is 0 Å². The Balaban J connectivity index is 2.44. The van der Waals surface area contributed by atoms with Crippen LogP contribution in [0.5, 0.6) is 0 Å². The summed E-state index contributed by atoms with van der Waals surface area (Å²) in [6, 6.07) is 9.18. The molecular weight excluding hydrogens is 314 g/mol. The van der Waals surface area contributed by atoms with Crippen molar-refractivity contribution in [2.75, 3.05) is 6.61 Å². The number of hydrogen-bond donors (Lipinski definition) is 2. The van der Waals surface area contributed by atoms with E-state index in [2.05, 4.69) is 10.2 Å². The van der Waals surface area contributed by atoms with Crippen LogP contribution >= 0.6 is 34.8 Å². The molecule has 0 aromatic heterocycles. The molecule has 1 atom stereocenters. The zero-order valence-corrected chi connectivity index (χ0v) is 12.0. The number of carbonyl (C=O) groups is 2. The highest BCUT2D eigenvalue weighted by Crippen LogP contribution is 2.25. The van der Waals surface area contributed by atoms with Gasteiger partial charge in [0.1, 0.15) is 13.2 Å². The van der Waals surface area contributed by atoms with Gasteiger partial charge in [-0.3, -0.25) is 0 Å². The maximum Gasteiger partial charge on any atom is 0.452 e. The molecule has 0 radical (unpaired) electrons. The van der Waals surface area contributed by atoms with Crippen molar-refractivity contribution in [2.24, 2.45) is 0 Å². The van der Waals surface area contributed by atoms with Crippen LogP contribution in [0.4, 0.5) is 4.79 Å². The lowest BCUT2D eigenvalue weighted by Crippen LogP contribution is -3.17. The minimum absolute atomic E-state index is 0.167. The Kier molecular flexibility index (Phi) is 6.37. The van der Waals surface area contributed by atoms with Crippen molar-refractivity contribution < 1.29 is 19.3 Å². The van der Waals surface area contributed by atoms with Crippen LogP contribution in [0.2, 0.25) is 0 Å². The number of amides is 2. The van der Waals surface area contributed by atoms with Crippen LogP contribution in [-0.2, 0) is 16.1 Å². The van der Waals surface area contributed by atoms with Gasteiger partial charge in [-0.15, -0.1) is 0 Å². The van der Waals surface area contributed by atoms with Gasteiger partial charge in [0, 0.05) is 5.56 Å². The van der Waals surface area contributed by atoms with E-state index in [-0.39, 0.29) is 11.6 Å². The number of hydrogen-bond acceptors (Lipinski definition) is 3. The summed E-state index contributed by atoms with van der Waals surface area (Å²) in [6.45, 7) is -0.117. The Morgan fingerprint density at radius 1 is 1.32 bits per heavy atom. The molecule has 1 aromatic carbocycles. The normalized spacial score (nSPS) is 12.6. The molecule has 0 aliphatic heterocycles. The third-order valence-corrected chi connectivity index (χ3v) is 2.34. The van der Waals surface area contributed by atoms with E-state index in [9.17, 15) is 9.59 Å². The highest BCUT2D eigenvalue weighted by atomic mass is 35.6. The summed E-state index contributed by atoms with van der Waals surface area (Å²) in [5.41, 5.74) is 3.18. The summed E-state index contributed by atoms with van der Waals surface area (Å²) in [4.78, 5) is 22.2. The van der Waals surface area contributed by atoms with Gasteiger partial charge in [0.05, 0.1) is 0 Å². The van der Waals surface area contributed by atoms with Crippen molar-refractivity contribution in [2.45, 2.75) is 10.3 Å². The van der Waals surface area contributed by atoms with Crippen molar-refractivity contribution >= 4 is 47.3 Å². The molecule has 0 saturated carbocycles. The molecule has 0 bridgehead atoms. The number of alkyl halides is 3. The van der Waals surface area contributed by atoms with Crippen LogP contribution in [0.1, 0.15) is 5.56 Å². The molecule has 0 aliphatic carbocycles. The molecule has 2 N–H and O–H groups in total. The minimum atomic E-state index is -1.68. The molecule has 2 amide bonds. The standard InChI is InChI=1S/C11H11Cl3N2O3/c12-11(13,14)7-19-10(18)15-16(8-17)6-9-4-2-1-3-5-9/h1-5,8H,6-7H2,(H,15,18)/p+1. The molecule has 0 heterocycles. The Labute approximate surface area is 125 Å². The summed E-state index contributed by atoms with van der Waals surface area (Å²) in [7, 11) is 0. The average molecular weight is 327 g/mol. The zero-order chi connectivity index (χ0) is 14.3. The lowest BCUT2D eigenvalue weighted by Gasteiger charge is -2.14. The lowest BCUT2D eigenvalue weighted by molar-refractivity contribution is -0.864. The Morgan fingerprint density at radius 3 is 2.47 bits per heavy atom. The SMILES string of the molecule is O=C[NH+](Cc1ccccc1)NC(=O)OCC(Cl)(Cl)Cl. The van der Waals surface area contributed by atoms with Crippen molar-refractivity contribution in [1.82, 2.24) is 5.43 Å². The predicted molar refractivity (Wildman–Crippen MR) is 71.9 cm³/mol. The molecule has 1 aromatic rings. The maximum absolute atomic E-state index is 11.4. The van der Waals surface area contributed by atoms with Gasteiger partial charge in [0.15, 0.2) is 0 Å². The average Bonchev–Trinajstić information content (AvgIpc) is 2.36. The summed E-state index contributed by atoms with van der Waals surface area (Å²) < 4.78 is 2.97. The van der Waals surface area contributed by atoms with Gasteiger partial charge in [-0.25, -0.2) is 9.59 Å². The maximum atomic E-state index is 11.4. The van der Waals surface area contributed by atoms with Crippen LogP contribution < -0.4 is 10.4 Å². The number of nitrogens with one attached hydrogen (secondary N) is 2. The number of benzene rings is 1. The van der Waals surface area contributed by atoms with Gasteiger partial charge in [-0.2, -0.15) is 10.4 Å². The van der Waals surface area contributed by atoms with Crippen molar-refractivity contribution in [1.29, 1.82) is 0 Å². The molecule has 1 rings (SSSR count). The largest absolute Gasteiger partial charge is 0.452 e. The first-order valence-corrected chi connectivity index (χ1v) is 6.39. The Morgan fingerprint density at radius 2 is 1.95 bits per heavy atom. The summed E-state index contributed by atoms with van der Waals surface area (Å²) in [5, 5.41) is 0.167. The summed E-state index contributed by atoms with van der Waals surface area (Å²) >= 11 is 16.3. The van der Waals surface area contributed by atoms with E-state index in [0.717, 1.165) is 5.56 Å². The van der Waals surface area contributed by atoms with Crippen molar-refractivity contribution in [3.05, 3.63) is 35.9 Å². The molecule has 0 saturated heterocycles. The van der Waals surface area contributed by atoms with E-state index in [1.165, 1.54) is 0 Å². The third kappa shape index (κ3) is 7.22. The first-order chi connectivity index (χ1) is 8.90. The monoisotopic (exact) mass is 325 g/mol. The van der Waals surface area contributed by atoms with Crippen LogP contribution in [0.25, 0.3) is 0 Å².